The zero-order chi connectivity index (χ0) is 15.1. The summed E-state index contributed by atoms with van der Waals surface area (Å²) in [6.45, 7) is 2.62. The molecular formula is C16H19N3O2. The van der Waals surface area contributed by atoms with Gasteiger partial charge in [-0.3, -0.25) is 0 Å². The fourth-order valence-corrected chi connectivity index (χ4v) is 1.96. The zero-order valence-corrected chi connectivity index (χ0v) is 12.2. The van der Waals surface area contributed by atoms with Crippen LogP contribution in [0.1, 0.15) is 18.4 Å². The second-order valence-corrected chi connectivity index (χ2v) is 4.71. The molecule has 2 N–H and O–H groups in total. The molecule has 0 saturated carbocycles. The fourth-order valence-electron chi connectivity index (χ4n) is 1.96. The van der Waals surface area contributed by atoms with E-state index in [4.69, 9.17) is 4.74 Å². The average molecular weight is 285 g/mol. The standard InChI is InChI=1S/C16H19N3O2/c1-12(13-7-4-3-5-8-13)11-18-16(20)19-14-9-6-10-17-15(14)21-2/h3-10,12H,11H2,1-2H3,(H2,18,19,20). The van der Waals surface area contributed by atoms with Crippen molar-refractivity contribution >= 4 is 11.7 Å². The van der Waals surface area contributed by atoms with E-state index in [2.05, 4.69) is 22.5 Å². The third-order valence-corrected chi connectivity index (χ3v) is 3.15. The number of ether oxygens (including phenoxy) is 1. The monoisotopic (exact) mass is 285 g/mol. The third-order valence-electron chi connectivity index (χ3n) is 3.15. The van der Waals surface area contributed by atoms with Crippen molar-refractivity contribution in [2.24, 2.45) is 0 Å². The van der Waals surface area contributed by atoms with Gasteiger partial charge < -0.3 is 15.4 Å². The SMILES string of the molecule is COc1ncccc1NC(=O)NCC(C)c1ccccc1. The highest BCUT2D eigenvalue weighted by Gasteiger charge is 2.10. The number of carbonyl (C=O) groups is 1. The number of methoxy groups -OCH3 is 1. The first-order valence-electron chi connectivity index (χ1n) is 6.79. The first-order valence-corrected chi connectivity index (χ1v) is 6.79. The summed E-state index contributed by atoms with van der Waals surface area (Å²) in [4.78, 5) is 15.9. The van der Waals surface area contributed by atoms with Gasteiger partial charge in [0.15, 0.2) is 0 Å². The number of urea groups is 1. The average Bonchev–Trinajstić information content (AvgIpc) is 2.54. The lowest BCUT2D eigenvalue weighted by atomic mass is 10.0. The Hall–Kier alpha value is -2.56. The summed E-state index contributed by atoms with van der Waals surface area (Å²) in [5, 5.41) is 5.58. The number of nitrogens with one attached hydrogen (secondary N) is 2. The first kappa shape index (κ1) is 14.8. The molecule has 1 unspecified atom stereocenters. The molecule has 0 aliphatic heterocycles. The molecular weight excluding hydrogens is 266 g/mol. The van der Waals surface area contributed by atoms with Gasteiger partial charge in [-0.25, -0.2) is 9.78 Å². The highest BCUT2D eigenvalue weighted by Crippen LogP contribution is 2.19. The van der Waals surface area contributed by atoms with E-state index in [1.54, 1.807) is 18.3 Å². The Morgan fingerprint density at radius 2 is 2.00 bits per heavy atom. The number of rotatable bonds is 5. The van der Waals surface area contributed by atoms with Crippen molar-refractivity contribution in [2.45, 2.75) is 12.8 Å². The molecule has 2 rings (SSSR count). The van der Waals surface area contributed by atoms with Gasteiger partial charge in [-0.2, -0.15) is 0 Å². The molecule has 1 atom stereocenters. The van der Waals surface area contributed by atoms with Gasteiger partial charge in [0.2, 0.25) is 5.88 Å². The molecule has 0 bridgehead atoms. The lowest BCUT2D eigenvalue weighted by molar-refractivity contribution is 0.251. The van der Waals surface area contributed by atoms with Gasteiger partial charge in [0, 0.05) is 12.7 Å². The Kier molecular flexibility index (Phi) is 5.15. The maximum atomic E-state index is 11.9. The van der Waals surface area contributed by atoms with Crippen molar-refractivity contribution in [2.75, 3.05) is 19.0 Å². The number of amides is 2. The molecule has 1 heterocycles. The molecule has 5 nitrogen and oxygen atoms in total. The van der Waals surface area contributed by atoms with E-state index in [0.29, 0.717) is 18.1 Å². The Labute approximate surface area is 124 Å². The molecule has 110 valence electrons. The van der Waals surface area contributed by atoms with Gasteiger partial charge in [-0.1, -0.05) is 37.3 Å². The van der Waals surface area contributed by atoms with Crippen LogP contribution in [0.25, 0.3) is 0 Å². The Morgan fingerprint density at radius 1 is 1.24 bits per heavy atom. The number of hydrogen-bond acceptors (Lipinski definition) is 3. The molecule has 0 aliphatic carbocycles. The minimum absolute atomic E-state index is 0.243. The quantitative estimate of drug-likeness (QED) is 0.887. The highest BCUT2D eigenvalue weighted by molar-refractivity contribution is 5.90. The second-order valence-electron chi connectivity index (χ2n) is 4.71. The van der Waals surface area contributed by atoms with Crippen LogP contribution in [-0.4, -0.2) is 24.7 Å². The molecule has 2 amide bonds. The van der Waals surface area contributed by atoms with E-state index >= 15 is 0 Å². The van der Waals surface area contributed by atoms with Crippen molar-refractivity contribution in [3.63, 3.8) is 0 Å². The van der Waals surface area contributed by atoms with E-state index < -0.39 is 0 Å². The summed E-state index contributed by atoms with van der Waals surface area (Å²) in [6, 6.07) is 13.3. The molecule has 21 heavy (non-hydrogen) atoms. The Morgan fingerprint density at radius 3 is 2.71 bits per heavy atom. The number of benzene rings is 1. The van der Waals surface area contributed by atoms with Crippen LogP contribution in [0.4, 0.5) is 10.5 Å². The van der Waals surface area contributed by atoms with E-state index in [9.17, 15) is 4.79 Å². The molecule has 0 spiro atoms. The van der Waals surface area contributed by atoms with Crippen molar-refractivity contribution in [3.05, 3.63) is 54.2 Å². The third kappa shape index (κ3) is 4.21. The maximum Gasteiger partial charge on any atom is 0.319 e. The first-order chi connectivity index (χ1) is 10.2. The smallest absolute Gasteiger partial charge is 0.319 e. The lowest BCUT2D eigenvalue weighted by Gasteiger charge is -2.14. The zero-order valence-electron chi connectivity index (χ0n) is 12.2. The van der Waals surface area contributed by atoms with Gasteiger partial charge in [-0.05, 0) is 23.6 Å². The van der Waals surface area contributed by atoms with Crippen molar-refractivity contribution < 1.29 is 9.53 Å². The lowest BCUT2D eigenvalue weighted by Crippen LogP contribution is -2.31. The van der Waals surface area contributed by atoms with Crippen molar-refractivity contribution in [1.29, 1.82) is 0 Å². The summed E-state index contributed by atoms with van der Waals surface area (Å²) >= 11 is 0. The molecule has 0 radical (unpaired) electrons. The summed E-state index contributed by atoms with van der Waals surface area (Å²) in [5.74, 6) is 0.636. The highest BCUT2D eigenvalue weighted by atomic mass is 16.5. The Balaban J connectivity index is 1.88. The van der Waals surface area contributed by atoms with E-state index in [-0.39, 0.29) is 11.9 Å². The van der Waals surface area contributed by atoms with Crippen LogP contribution in [0.15, 0.2) is 48.7 Å². The minimum Gasteiger partial charge on any atom is -0.480 e. The van der Waals surface area contributed by atoms with Crippen LogP contribution in [-0.2, 0) is 0 Å². The molecule has 1 aromatic heterocycles. The number of hydrogen-bond donors (Lipinski definition) is 2. The predicted molar refractivity (Wildman–Crippen MR) is 82.7 cm³/mol. The van der Waals surface area contributed by atoms with Gasteiger partial charge >= 0.3 is 6.03 Å². The number of carbonyl (C=O) groups excluding carboxylic acids is 1. The number of aromatic nitrogens is 1. The number of nitrogens with zero attached hydrogens (tertiary/aromatic N) is 1. The summed E-state index contributed by atoms with van der Waals surface area (Å²) in [6.07, 6.45) is 1.61. The number of anilines is 1. The van der Waals surface area contributed by atoms with Crippen LogP contribution in [0.2, 0.25) is 0 Å². The van der Waals surface area contributed by atoms with E-state index in [1.807, 2.05) is 30.3 Å². The second kappa shape index (κ2) is 7.28. The topological polar surface area (TPSA) is 63.2 Å². The molecule has 1 aromatic carbocycles. The van der Waals surface area contributed by atoms with Crippen molar-refractivity contribution in [1.82, 2.24) is 10.3 Å². The van der Waals surface area contributed by atoms with Gasteiger partial charge in [-0.15, -0.1) is 0 Å². The predicted octanol–water partition coefficient (Wildman–Crippen LogP) is 3.02. The molecule has 2 aromatic rings. The normalized spacial score (nSPS) is 11.5. The molecule has 0 saturated heterocycles. The largest absolute Gasteiger partial charge is 0.480 e. The van der Waals surface area contributed by atoms with Crippen LogP contribution in [0, 0.1) is 0 Å². The van der Waals surface area contributed by atoms with E-state index in [0.717, 1.165) is 0 Å². The van der Waals surface area contributed by atoms with Crippen LogP contribution in [0.5, 0.6) is 5.88 Å². The number of pyridine rings is 1. The van der Waals surface area contributed by atoms with Crippen LogP contribution >= 0.6 is 0 Å². The van der Waals surface area contributed by atoms with Crippen LogP contribution < -0.4 is 15.4 Å². The van der Waals surface area contributed by atoms with Gasteiger partial charge in [0.25, 0.3) is 0 Å². The summed E-state index contributed by atoms with van der Waals surface area (Å²) < 4.78 is 5.09. The maximum absolute atomic E-state index is 11.9. The van der Waals surface area contributed by atoms with Gasteiger partial charge in [0.05, 0.1) is 7.11 Å². The fraction of sp³-hybridized carbons (Fsp3) is 0.250. The summed E-state index contributed by atoms with van der Waals surface area (Å²) in [5.41, 5.74) is 1.74. The molecule has 0 fully saturated rings. The Bertz CT molecular complexity index is 587. The van der Waals surface area contributed by atoms with Gasteiger partial charge in [0.1, 0.15) is 5.69 Å². The minimum atomic E-state index is -0.274. The summed E-state index contributed by atoms with van der Waals surface area (Å²) in [7, 11) is 1.52. The van der Waals surface area contributed by atoms with E-state index in [1.165, 1.54) is 12.7 Å². The van der Waals surface area contributed by atoms with Crippen molar-refractivity contribution in [3.8, 4) is 5.88 Å². The molecule has 0 aliphatic rings. The molecule has 5 heteroatoms. The van der Waals surface area contributed by atoms with Crippen LogP contribution in [0.3, 0.4) is 0 Å².